The summed E-state index contributed by atoms with van der Waals surface area (Å²) in [7, 11) is 0. The molecule has 17 heavy (non-hydrogen) atoms. The van der Waals surface area contributed by atoms with Gasteiger partial charge in [0.1, 0.15) is 0 Å². The third-order valence-electron chi connectivity index (χ3n) is 1.89. The number of carbonyl (C=O) groups excluding carboxylic acids is 1. The lowest BCUT2D eigenvalue weighted by atomic mass is 10.1. The summed E-state index contributed by atoms with van der Waals surface area (Å²) in [5.41, 5.74) is 1.69. The van der Waals surface area contributed by atoms with Crippen molar-refractivity contribution >= 4 is 40.5 Å². The number of aromatic nitrogens is 1. The number of halogens is 3. The first-order chi connectivity index (χ1) is 8.20. The summed E-state index contributed by atoms with van der Waals surface area (Å²) in [4.78, 5) is 12.8. The summed E-state index contributed by atoms with van der Waals surface area (Å²) < 4.78 is 0. The van der Waals surface area contributed by atoms with Gasteiger partial charge >= 0.3 is 0 Å². The highest BCUT2D eigenvalue weighted by molar-refractivity contribution is 6.54. The van der Waals surface area contributed by atoms with Gasteiger partial charge in [-0.2, -0.15) is 0 Å². The second kappa shape index (κ2) is 7.28. The van der Waals surface area contributed by atoms with Gasteiger partial charge in [0.05, 0.1) is 15.7 Å². The Morgan fingerprint density at radius 3 is 2.24 bits per heavy atom. The van der Waals surface area contributed by atoms with Crippen LogP contribution in [0.2, 0.25) is 10.0 Å². The predicted molar refractivity (Wildman–Crippen MR) is 72.3 cm³/mol. The van der Waals surface area contributed by atoms with Gasteiger partial charge in [0.15, 0.2) is 0 Å². The molecule has 0 aliphatic rings. The Morgan fingerprint density at radius 1 is 1.06 bits per heavy atom. The second-order valence-electron chi connectivity index (χ2n) is 2.91. The van der Waals surface area contributed by atoms with Crippen LogP contribution in [0.1, 0.15) is 0 Å². The Bertz CT molecular complexity index is 488. The minimum absolute atomic E-state index is 0.222. The molecule has 1 heterocycles. The van der Waals surface area contributed by atoms with E-state index in [0.29, 0.717) is 10.0 Å². The van der Waals surface area contributed by atoms with E-state index in [1.54, 1.807) is 12.3 Å². The van der Waals surface area contributed by atoms with Crippen LogP contribution in [-0.2, 0) is 4.79 Å². The molecule has 2 nitrogen and oxygen atoms in total. The highest BCUT2D eigenvalue weighted by Crippen LogP contribution is 2.30. The molecule has 0 aliphatic carbocycles. The van der Waals surface area contributed by atoms with E-state index in [-0.39, 0.29) is 5.75 Å². The van der Waals surface area contributed by atoms with Crippen LogP contribution in [0.3, 0.4) is 0 Å². The molecule has 0 fully saturated rings. The van der Waals surface area contributed by atoms with Crippen molar-refractivity contribution in [2.75, 3.05) is 0 Å². The third-order valence-corrected chi connectivity index (χ3v) is 2.68. The molecule has 1 aromatic carbocycles. The molecule has 0 unspecified atom stereocenters. The van der Waals surface area contributed by atoms with Gasteiger partial charge in [-0.05, 0) is 17.7 Å². The first kappa shape index (κ1) is 14.0. The van der Waals surface area contributed by atoms with Crippen LogP contribution in [0.15, 0.2) is 42.6 Å². The molecule has 88 valence electrons. The number of benzene rings is 1. The Labute approximate surface area is 114 Å². The SMILES string of the molecule is Clc1ccnc(-c2ccccc2)c1Cl.O=CCl. The number of hydrogen-bond donors (Lipinski definition) is 0. The number of nitrogens with zero attached hydrogens (tertiary/aromatic N) is 1. The standard InChI is InChI=1S/C11H7Cl2N.CHClO/c12-9-6-7-14-11(10(9)13)8-4-2-1-3-5-8;2-1-3/h1-7H;1H. The highest BCUT2D eigenvalue weighted by Gasteiger charge is 2.06. The summed E-state index contributed by atoms with van der Waals surface area (Å²) in [6.45, 7) is 0. The molecule has 0 radical (unpaired) electrons. The fourth-order valence-electron chi connectivity index (χ4n) is 1.22. The zero-order chi connectivity index (χ0) is 12.7. The predicted octanol–water partition coefficient (Wildman–Crippen LogP) is 4.47. The summed E-state index contributed by atoms with van der Waals surface area (Å²) in [6.07, 6.45) is 1.65. The van der Waals surface area contributed by atoms with Crippen molar-refractivity contribution in [2.45, 2.75) is 0 Å². The van der Waals surface area contributed by atoms with Crippen molar-refractivity contribution in [1.82, 2.24) is 4.98 Å². The maximum absolute atomic E-state index is 8.57. The van der Waals surface area contributed by atoms with Crippen LogP contribution < -0.4 is 0 Å². The molecular weight excluding hydrogens is 280 g/mol. The topological polar surface area (TPSA) is 30.0 Å². The lowest BCUT2D eigenvalue weighted by Gasteiger charge is -2.03. The highest BCUT2D eigenvalue weighted by atomic mass is 35.5. The van der Waals surface area contributed by atoms with Gasteiger partial charge in [-0.1, -0.05) is 53.5 Å². The lowest BCUT2D eigenvalue weighted by Crippen LogP contribution is -1.84. The fraction of sp³-hybridized carbons (Fsp3) is 0. The second-order valence-corrected chi connectivity index (χ2v) is 3.87. The van der Waals surface area contributed by atoms with Crippen LogP contribution >= 0.6 is 34.8 Å². The minimum Gasteiger partial charge on any atom is -0.285 e. The van der Waals surface area contributed by atoms with Crippen LogP contribution in [0, 0.1) is 0 Å². The van der Waals surface area contributed by atoms with Gasteiger partial charge in [0.2, 0.25) is 5.75 Å². The molecule has 0 bridgehead atoms. The number of rotatable bonds is 1. The Kier molecular flexibility index (Phi) is 5.98. The molecule has 2 aromatic rings. The minimum atomic E-state index is 0.222. The van der Waals surface area contributed by atoms with Crippen molar-refractivity contribution < 1.29 is 4.79 Å². The molecule has 5 heteroatoms. The average Bonchev–Trinajstić information content (AvgIpc) is 2.35. The smallest absolute Gasteiger partial charge is 0.208 e. The summed E-state index contributed by atoms with van der Waals surface area (Å²) in [6, 6.07) is 11.4. The van der Waals surface area contributed by atoms with Gasteiger partial charge in [0.25, 0.3) is 0 Å². The zero-order valence-corrected chi connectivity index (χ0v) is 10.9. The monoisotopic (exact) mass is 287 g/mol. The maximum atomic E-state index is 8.57. The third kappa shape index (κ3) is 4.00. The first-order valence-electron chi connectivity index (χ1n) is 4.60. The number of pyridine rings is 1. The van der Waals surface area contributed by atoms with Gasteiger partial charge < -0.3 is 0 Å². The summed E-state index contributed by atoms with van der Waals surface area (Å²) in [5.74, 6) is 0.222. The van der Waals surface area contributed by atoms with E-state index in [2.05, 4.69) is 16.6 Å². The number of carbonyl (C=O) groups is 1. The van der Waals surface area contributed by atoms with Crippen molar-refractivity contribution in [1.29, 1.82) is 0 Å². The first-order valence-corrected chi connectivity index (χ1v) is 5.79. The molecule has 0 spiro atoms. The molecular formula is C12H8Cl3NO. The number of hydrogen-bond acceptors (Lipinski definition) is 2. The van der Waals surface area contributed by atoms with E-state index in [1.807, 2.05) is 30.3 Å². The van der Waals surface area contributed by atoms with E-state index in [4.69, 9.17) is 28.0 Å². The van der Waals surface area contributed by atoms with E-state index < -0.39 is 0 Å². The molecule has 0 aliphatic heterocycles. The Morgan fingerprint density at radius 2 is 1.65 bits per heavy atom. The molecule has 1 aromatic heterocycles. The fourth-order valence-corrected chi connectivity index (χ4v) is 1.58. The zero-order valence-electron chi connectivity index (χ0n) is 8.61. The average molecular weight is 289 g/mol. The maximum Gasteiger partial charge on any atom is 0.208 e. The van der Waals surface area contributed by atoms with E-state index in [9.17, 15) is 0 Å². The van der Waals surface area contributed by atoms with Crippen molar-refractivity contribution in [3.63, 3.8) is 0 Å². The Hall–Kier alpha value is -1.09. The van der Waals surface area contributed by atoms with Crippen LogP contribution in [0.5, 0.6) is 0 Å². The van der Waals surface area contributed by atoms with E-state index in [1.165, 1.54) is 0 Å². The van der Waals surface area contributed by atoms with Gasteiger partial charge in [-0.25, -0.2) is 0 Å². The van der Waals surface area contributed by atoms with Crippen LogP contribution in [-0.4, -0.2) is 10.7 Å². The lowest BCUT2D eigenvalue weighted by molar-refractivity contribution is 0.569. The molecule has 0 atom stereocenters. The quantitative estimate of drug-likeness (QED) is 0.572. The van der Waals surface area contributed by atoms with Gasteiger partial charge in [-0.15, -0.1) is 0 Å². The van der Waals surface area contributed by atoms with Crippen LogP contribution in [0.25, 0.3) is 11.3 Å². The largest absolute Gasteiger partial charge is 0.285 e. The van der Waals surface area contributed by atoms with Crippen molar-refractivity contribution in [3.8, 4) is 11.3 Å². The molecule has 0 N–H and O–H groups in total. The van der Waals surface area contributed by atoms with Crippen LogP contribution in [0.4, 0.5) is 0 Å². The molecule has 0 saturated heterocycles. The summed E-state index contributed by atoms with van der Waals surface area (Å²) >= 11 is 16.2. The molecule has 0 saturated carbocycles. The van der Waals surface area contributed by atoms with E-state index >= 15 is 0 Å². The van der Waals surface area contributed by atoms with Crippen molar-refractivity contribution in [3.05, 3.63) is 52.6 Å². The summed E-state index contributed by atoms with van der Waals surface area (Å²) in [5, 5.41) is 1.03. The molecule has 2 rings (SSSR count). The molecule has 0 amide bonds. The Balaban J connectivity index is 0.000000437. The van der Waals surface area contributed by atoms with Crippen molar-refractivity contribution in [2.24, 2.45) is 0 Å². The van der Waals surface area contributed by atoms with Gasteiger partial charge in [-0.3, -0.25) is 9.78 Å². The van der Waals surface area contributed by atoms with E-state index in [0.717, 1.165) is 11.3 Å². The normalized spacial score (nSPS) is 9.12. The van der Waals surface area contributed by atoms with Gasteiger partial charge in [0, 0.05) is 11.8 Å².